The van der Waals surface area contributed by atoms with Crippen LogP contribution in [0.1, 0.15) is 38.8 Å². The lowest BCUT2D eigenvalue weighted by molar-refractivity contribution is 0.0684. The lowest BCUT2D eigenvalue weighted by Gasteiger charge is -2.27. The van der Waals surface area contributed by atoms with Gasteiger partial charge in [-0.25, -0.2) is 9.37 Å². The van der Waals surface area contributed by atoms with Crippen LogP contribution in [-0.2, 0) is 0 Å². The number of aromatic nitrogens is 2. The van der Waals surface area contributed by atoms with E-state index in [4.69, 9.17) is 0 Å². The van der Waals surface area contributed by atoms with Gasteiger partial charge in [0.1, 0.15) is 17.2 Å². The molecule has 3 heterocycles. The number of nitrogens with zero attached hydrogens (tertiary/aromatic N) is 3. The zero-order valence-electron chi connectivity index (χ0n) is 19.1. The highest BCUT2D eigenvalue weighted by Crippen LogP contribution is 2.48. The van der Waals surface area contributed by atoms with Gasteiger partial charge in [-0.05, 0) is 54.8 Å². The van der Waals surface area contributed by atoms with Gasteiger partial charge in [0, 0.05) is 24.2 Å². The number of amides is 2. The Balaban J connectivity index is 1.23. The molecule has 0 unspecified atom stereocenters. The van der Waals surface area contributed by atoms with Gasteiger partial charge in [0.05, 0.1) is 15.9 Å². The van der Waals surface area contributed by atoms with Crippen molar-refractivity contribution in [3.05, 3.63) is 83.0 Å². The number of hydrogen-bond donors (Lipinski definition) is 1. The van der Waals surface area contributed by atoms with Crippen molar-refractivity contribution in [2.45, 2.75) is 31.8 Å². The normalized spacial score (nSPS) is 20.6. The van der Waals surface area contributed by atoms with Crippen molar-refractivity contribution >= 4 is 33.9 Å². The fourth-order valence-corrected chi connectivity index (χ4v) is 6.08. The molecular formula is C27H23FN4O2S. The Kier molecular flexibility index (Phi) is 5.33. The molecular weight excluding hydrogens is 463 g/mol. The number of carbonyl (C=O) groups is 2. The lowest BCUT2D eigenvalue weighted by Crippen LogP contribution is -2.45. The van der Waals surface area contributed by atoms with E-state index in [1.165, 1.54) is 23.5 Å². The highest BCUT2D eigenvalue weighted by atomic mass is 32.1. The summed E-state index contributed by atoms with van der Waals surface area (Å²) in [5.41, 5.74) is 1.39. The topological polar surface area (TPSA) is 75.2 Å². The molecule has 176 valence electrons. The summed E-state index contributed by atoms with van der Waals surface area (Å²) >= 11 is 1.39. The van der Waals surface area contributed by atoms with Gasteiger partial charge in [-0.1, -0.05) is 36.4 Å². The quantitative estimate of drug-likeness (QED) is 0.438. The molecule has 1 aliphatic heterocycles. The summed E-state index contributed by atoms with van der Waals surface area (Å²) < 4.78 is 13.9. The van der Waals surface area contributed by atoms with Crippen LogP contribution in [-0.4, -0.2) is 45.3 Å². The first kappa shape index (κ1) is 21.9. The van der Waals surface area contributed by atoms with Gasteiger partial charge in [0.25, 0.3) is 11.8 Å². The van der Waals surface area contributed by atoms with Crippen molar-refractivity contribution < 1.29 is 14.0 Å². The summed E-state index contributed by atoms with van der Waals surface area (Å²) in [4.78, 5) is 38.1. The maximum absolute atomic E-state index is 13.9. The Bertz CT molecular complexity index is 1460. The second kappa shape index (κ2) is 8.53. The first-order valence-electron chi connectivity index (χ1n) is 11.7. The molecule has 2 fully saturated rings. The minimum atomic E-state index is -0.349. The van der Waals surface area contributed by atoms with E-state index in [-0.39, 0.29) is 29.7 Å². The summed E-state index contributed by atoms with van der Waals surface area (Å²) in [5, 5.41) is 5.51. The first-order chi connectivity index (χ1) is 17.0. The Labute approximate surface area is 205 Å². The molecule has 6 rings (SSSR count). The molecule has 6 nitrogen and oxygen atoms in total. The number of fused-ring (bicyclic) bond motifs is 2. The molecule has 1 aliphatic carbocycles. The number of piperidine rings is 1. The lowest BCUT2D eigenvalue weighted by atomic mass is 10.1. The summed E-state index contributed by atoms with van der Waals surface area (Å²) in [7, 11) is 0. The van der Waals surface area contributed by atoms with Crippen LogP contribution in [0.15, 0.2) is 60.8 Å². The van der Waals surface area contributed by atoms with E-state index in [9.17, 15) is 14.0 Å². The van der Waals surface area contributed by atoms with Crippen LogP contribution in [0.3, 0.4) is 0 Å². The minimum absolute atomic E-state index is 0.118. The van der Waals surface area contributed by atoms with Crippen LogP contribution in [0.2, 0.25) is 0 Å². The summed E-state index contributed by atoms with van der Waals surface area (Å²) in [6, 6.07) is 15.8. The van der Waals surface area contributed by atoms with Crippen LogP contribution < -0.4 is 5.32 Å². The van der Waals surface area contributed by atoms with Gasteiger partial charge in [0.15, 0.2) is 0 Å². The Morgan fingerprint density at radius 2 is 1.97 bits per heavy atom. The maximum atomic E-state index is 13.9. The molecule has 35 heavy (non-hydrogen) atoms. The Morgan fingerprint density at radius 1 is 1.11 bits per heavy atom. The number of hydrogen-bond acceptors (Lipinski definition) is 5. The molecule has 2 aromatic heterocycles. The number of halogens is 1. The van der Waals surface area contributed by atoms with Gasteiger partial charge < -0.3 is 10.2 Å². The monoisotopic (exact) mass is 486 g/mol. The van der Waals surface area contributed by atoms with Crippen LogP contribution in [0.5, 0.6) is 0 Å². The fourth-order valence-electron chi connectivity index (χ4n) is 5.17. The second-order valence-electron chi connectivity index (χ2n) is 9.18. The molecule has 1 N–H and O–H groups in total. The van der Waals surface area contributed by atoms with E-state index in [1.807, 2.05) is 42.2 Å². The van der Waals surface area contributed by atoms with Crippen molar-refractivity contribution in [1.29, 1.82) is 0 Å². The fraction of sp³-hybridized carbons (Fsp3) is 0.259. The predicted octanol–water partition coefficient (Wildman–Crippen LogP) is 4.84. The van der Waals surface area contributed by atoms with Crippen molar-refractivity contribution in [3.63, 3.8) is 0 Å². The molecule has 8 heteroatoms. The highest BCUT2D eigenvalue weighted by molar-refractivity contribution is 7.15. The maximum Gasteiger partial charge on any atom is 0.274 e. The molecule has 3 atom stereocenters. The largest absolute Gasteiger partial charge is 0.349 e. The van der Waals surface area contributed by atoms with Gasteiger partial charge in [-0.3, -0.25) is 14.6 Å². The van der Waals surface area contributed by atoms with Crippen molar-refractivity contribution in [2.24, 2.45) is 5.92 Å². The van der Waals surface area contributed by atoms with Gasteiger partial charge in [-0.15, -0.1) is 11.3 Å². The summed E-state index contributed by atoms with van der Waals surface area (Å²) in [5.74, 6) is -0.298. The third-order valence-corrected chi connectivity index (χ3v) is 7.88. The van der Waals surface area contributed by atoms with E-state index in [2.05, 4.69) is 15.3 Å². The van der Waals surface area contributed by atoms with E-state index in [1.54, 1.807) is 18.3 Å². The van der Waals surface area contributed by atoms with Gasteiger partial charge in [0.2, 0.25) is 0 Å². The summed E-state index contributed by atoms with van der Waals surface area (Å²) in [6.45, 7) is 2.20. The SMILES string of the molecule is Cc1nc(C(=O)N2[C@H](CNC(=O)c3nccc4ccccc34)C[C@@H]3C[C@@H]32)c(-c2cccc(F)c2)s1. The van der Waals surface area contributed by atoms with Gasteiger partial charge in [-0.2, -0.15) is 0 Å². The molecule has 0 radical (unpaired) electrons. The van der Waals surface area contributed by atoms with Crippen LogP contribution in [0, 0.1) is 18.7 Å². The molecule has 0 bridgehead atoms. The third kappa shape index (κ3) is 3.97. The molecule has 2 aliphatic rings. The average molecular weight is 487 g/mol. The molecule has 4 aromatic rings. The third-order valence-electron chi connectivity index (χ3n) is 6.86. The van der Waals surface area contributed by atoms with Crippen LogP contribution in [0.4, 0.5) is 4.39 Å². The number of likely N-dealkylation sites (tertiary alicyclic amines) is 1. The number of pyridine rings is 1. The number of nitrogens with one attached hydrogen (secondary N) is 1. The molecule has 1 saturated heterocycles. The van der Waals surface area contributed by atoms with E-state index in [0.717, 1.165) is 28.6 Å². The zero-order valence-corrected chi connectivity index (χ0v) is 19.9. The second-order valence-corrected chi connectivity index (χ2v) is 10.4. The predicted molar refractivity (Wildman–Crippen MR) is 133 cm³/mol. The van der Waals surface area contributed by atoms with Crippen molar-refractivity contribution in [1.82, 2.24) is 20.2 Å². The molecule has 2 amide bonds. The van der Waals surface area contributed by atoms with E-state index in [0.29, 0.717) is 34.3 Å². The Hall–Kier alpha value is -3.65. The highest BCUT2D eigenvalue weighted by Gasteiger charge is 2.54. The van der Waals surface area contributed by atoms with Crippen LogP contribution in [0.25, 0.3) is 21.2 Å². The Morgan fingerprint density at radius 3 is 2.83 bits per heavy atom. The van der Waals surface area contributed by atoms with Crippen LogP contribution >= 0.6 is 11.3 Å². The van der Waals surface area contributed by atoms with Gasteiger partial charge >= 0.3 is 0 Å². The van der Waals surface area contributed by atoms with Crippen molar-refractivity contribution in [2.75, 3.05) is 6.54 Å². The summed E-state index contributed by atoms with van der Waals surface area (Å²) in [6.07, 6.45) is 3.45. The first-order valence-corrected chi connectivity index (χ1v) is 12.5. The van der Waals surface area contributed by atoms with Crippen molar-refractivity contribution in [3.8, 4) is 10.4 Å². The minimum Gasteiger partial charge on any atom is -0.349 e. The van der Waals surface area contributed by atoms with E-state index < -0.39 is 0 Å². The number of thiazole rings is 1. The molecule has 1 saturated carbocycles. The van der Waals surface area contributed by atoms with E-state index >= 15 is 0 Å². The standard InChI is InChI=1S/C27H23FN4O2S/c1-15-31-24(25(35-15)17-6-4-7-19(28)11-17)27(34)32-20(12-18-13-22(18)32)14-30-26(33)23-21-8-3-2-5-16(21)9-10-29-23/h2-11,18,20,22H,12-14H2,1H3,(H,30,33)/t18-,20+,22+/m1/s1. The molecule has 2 aromatic carbocycles. The average Bonchev–Trinajstić information content (AvgIpc) is 3.35. The number of aryl methyl sites for hydroxylation is 1. The number of carbonyl (C=O) groups excluding carboxylic acids is 2. The smallest absolute Gasteiger partial charge is 0.274 e. The zero-order chi connectivity index (χ0) is 24.1. The number of benzene rings is 2. The molecule has 0 spiro atoms. The number of rotatable bonds is 5.